The first-order chi connectivity index (χ1) is 6.12. The summed E-state index contributed by atoms with van der Waals surface area (Å²) in [6.45, 7) is 20.1. The summed E-state index contributed by atoms with van der Waals surface area (Å²) in [5.74, 6) is 0. The number of rotatable bonds is 3. The van der Waals surface area contributed by atoms with Crippen molar-refractivity contribution in [2.75, 3.05) is 6.54 Å². The summed E-state index contributed by atoms with van der Waals surface area (Å²) in [6.07, 6.45) is 0. The van der Waals surface area contributed by atoms with E-state index < -0.39 is 8.24 Å². The van der Waals surface area contributed by atoms with Crippen LogP contribution in [0.15, 0.2) is 0 Å². The highest BCUT2D eigenvalue weighted by Crippen LogP contribution is 2.51. The first-order valence-electron chi connectivity index (χ1n) is 5.87. The molecule has 14 heavy (non-hydrogen) atoms. The van der Waals surface area contributed by atoms with E-state index in [-0.39, 0.29) is 0 Å². The molecule has 1 N–H and O–H groups in total. The largest absolute Gasteiger partial charge is 0.337 e. The average Bonchev–Trinajstić information content (AvgIpc) is 1.94. The molecule has 0 saturated carbocycles. The molecule has 0 aromatic rings. The maximum absolute atomic E-state index is 3.86. The topological polar surface area (TPSA) is 12.0 Å². The van der Waals surface area contributed by atoms with Gasteiger partial charge in [-0.05, 0) is 22.7 Å². The van der Waals surface area contributed by atoms with Crippen LogP contribution in [-0.2, 0) is 0 Å². The maximum atomic E-state index is 3.86. The van der Waals surface area contributed by atoms with Crippen LogP contribution in [0.5, 0.6) is 0 Å². The van der Waals surface area contributed by atoms with Crippen LogP contribution in [0.3, 0.4) is 0 Å². The van der Waals surface area contributed by atoms with E-state index in [2.05, 4.69) is 60.4 Å². The molecule has 0 spiro atoms. The van der Waals surface area contributed by atoms with Crippen LogP contribution in [0.25, 0.3) is 0 Å². The van der Waals surface area contributed by atoms with Crippen LogP contribution in [0.2, 0.25) is 16.1 Å². The summed E-state index contributed by atoms with van der Waals surface area (Å²) in [6, 6.07) is 1.31. The van der Waals surface area contributed by atoms with Crippen LogP contribution in [0.1, 0.15) is 55.4 Å². The second-order valence-electron chi connectivity index (χ2n) is 6.29. The van der Waals surface area contributed by atoms with E-state index in [1.807, 2.05) is 0 Å². The Kier molecular flexibility index (Phi) is 4.41. The molecule has 0 aliphatic heterocycles. The Bertz CT molecular complexity index is 160. The normalized spacial score (nSPS) is 14.6. The summed E-state index contributed by atoms with van der Waals surface area (Å²) in [5.41, 5.74) is 0. The summed E-state index contributed by atoms with van der Waals surface area (Å²) in [7, 11) is -1.42. The van der Waals surface area contributed by atoms with E-state index in [9.17, 15) is 0 Å². The quantitative estimate of drug-likeness (QED) is 0.697. The minimum Gasteiger partial charge on any atom is -0.337 e. The lowest BCUT2D eigenvalue weighted by Gasteiger charge is -2.51. The van der Waals surface area contributed by atoms with Crippen molar-refractivity contribution in [2.24, 2.45) is 0 Å². The standard InChI is InChI=1S/C12H29NSi/c1-9-13-14(10-2,11(3,4)5)12(6,7)8/h13H,9-10H2,1-8H3. The van der Waals surface area contributed by atoms with Gasteiger partial charge in [0.1, 0.15) is 8.24 Å². The van der Waals surface area contributed by atoms with Gasteiger partial charge < -0.3 is 4.98 Å². The molecule has 0 saturated heterocycles. The van der Waals surface area contributed by atoms with Gasteiger partial charge in [0.25, 0.3) is 0 Å². The van der Waals surface area contributed by atoms with E-state index in [0.717, 1.165) is 6.54 Å². The zero-order valence-electron chi connectivity index (χ0n) is 11.4. The van der Waals surface area contributed by atoms with Crippen molar-refractivity contribution in [3.05, 3.63) is 0 Å². The third kappa shape index (κ3) is 2.40. The fraction of sp³-hybridized carbons (Fsp3) is 1.00. The zero-order valence-corrected chi connectivity index (χ0v) is 12.4. The van der Waals surface area contributed by atoms with Gasteiger partial charge >= 0.3 is 0 Å². The molecule has 0 unspecified atom stereocenters. The monoisotopic (exact) mass is 215 g/mol. The van der Waals surface area contributed by atoms with Crippen molar-refractivity contribution < 1.29 is 0 Å². The van der Waals surface area contributed by atoms with Crippen LogP contribution in [-0.4, -0.2) is 14.8 Å². The maximum Gasteiger partial charge on any atom is 0.136 e. The van der Waals surface area contributed by atoms with Gasteiger partial charge in [0, 0.05) is 0 Å². The third-order valence-electron chi connectivity index (χ3n) is 3.57. The molecule has 0 bridgehead atoms. The molecule has 0 aliphatic carbocycles. The summed E-state index contributed by atoms with van der Waals surface area (Å²) in [4.78, 5) is 3.86. The molecule has 0 aliphatic rings. The Morgan fingerprint density at radius 1 is 0.857 bits per heavy atom. The summed E-state index contributed by atoms with van der Waals surface area (Å²) < 4.78 is 0. The van der Waals surface area contributed by atoms with Crippen molar-refractivity contribution >= 4 is 8.24 Å². The Balaban J connectivity index is 5.21. The Morgan fingerprint density at radius 3 is 1.29 bits per heavy atom. The molecule has 1 nitrogen and oxygen atoms in total. The predicted octanol–water partition coefficient (Wildman–Crippen LogP) is 4.16. The van der Waals surface area contributed by atoms with Crippen LogP contribution in [0.4, 0.5) is 0 Å². The Morgan fingerprint density at radius 2 is 1.21 bits per heavy atom. The van der Waals surface area contributed by atoms with Gasteiger partial charge in [-0.3, -0.25) is 0 Å². The van der Waals surface area contributed by atoms with Gasteiger partial charge in [0.15, 0.2) is 0 Å². The number of hydrogen-bond donors (Lipinski definition) is 1. The molecule has 0 radical (unpaired) electrons. The molecule has 0 amide bonds. The van der Waals surface area contributed by atoms with Crippen molar-refractivity contribution in [2.45, 2.75) is 71.5 Å². The molecule has 0 atom stereocenters. The minimum atomic E-state index is -1.42. The summed E-state index contributed by atoms with van der Waals surface area (Å²) >= 11 is 0. The van der Waals surface area contributed by atoms with E-state index in [1.165, 1.54) is 6.04 Å². The summed E-state index contributed by atoms with van der Waals surface area (Å²) in [5, 5.41) is 0.853. The average molecular weight is 215 g/mol. The Labute approximate surface area is 91.8 Å². The van der Waals surface area contributed by atoms with Gasteiger partial charge in [-0.1, -0.05) is 55.4 Å². The molecule has 2 heteroatoms. The lowest BCUT2D eigenvalue weighted by Crippen LogP contribution is -2.62. The SMILES string of the molecule is CCN[Si](CC)(C(C)(C)C)C(C)(C)C. The van der Waals surface area contributed by atoms with Crippen LogP contribution >= 0.6 is 0 Å². The third-order valence-corrected chi connectivity index (χ3v) is 10.7. The van der Waals surface area contributed by atoms with Crippen molar-refractivity contribution in [3.63, 3.8) is 0 Å². The van der Waals surface area contributed by atoms with Crippen molar-refractivity contribution in [1.29, 1.82) is 0 Å². The second kappa shape index (κ2) is 4.36. The predicted molar refractivity (Wildman–Crippen MR) is 69.3 cm³/mol. The smallest absolute Gasteiger partial charge is 0.136 e. The first-order valence-corrected chi connectivity index (χ1v) is 8.08. The van der Waals surface area contributed by atoms with Crippen molar-refractivity contribution in [1.82, 2.24) is 4.98 Å². The number of nitrogens with one attached hydrogen (secondary N) is 1. The van der Waals surface area contributed by atoms with Crippen LogP contribution in [0, 0.1) is 0 Å². The minimum absolute atomic E-state index is 0.427. The van der Waals surface area contributed by atoms with E-state index in [1.54, 1.807) is 0 Å². The van der Waals surface area contributed by atoms with Gasteiger partial charge in [-0.25, -0.2) is 0 Å². The highest BCUT2D eigenvalue weighted by molar-refractivity contribution is 6.82. The van der Waals surface area contributed by atoms with Gasteiger partial charge in [-0.15, -0.1) is 0 Å². The van der Waals surface area contributed by atoms with Crippen LogP contribution < -0.4 is 4.98 Å². The first kappa shape index (κ1) is 14.2. The fourth-order valence-corrected chi connectivity index (χ4v) is 9.43. The Hall–Kier alpha value is 0.177. The van der Waals surface area contributed by atoms with Gasteiger partial charge in [0.2, 0.25) is 0 Å². The molecule has 0 aromatic heterocycles. The highest BCUT2D eigenvalue weighted by atomic mass is 28.3. The van der Waals surface area contributed by atoms with Gasteiger partial charge in [0.05, 0.1) is 0 Å². The molecular formula is C12H29NSi. The molecule has 0 rings (SSSR count). The second-order valence-corrected chi connectivity index (χ2v) is 12.2. The fourth-order valence-electron chi connectivity index (χ4n) is 3.14. The molecular weight excluding hydrogens is 186 g/mol. The van der Waals surface area contributed by atoms with E-state index in [4.69, 9.17) is 0 Å². The molecule has 0 aromatic carbocycles. The number of hydrogen-bond acceptors (Lipinski definition) is 1. The van der Waals surface area contributed by atoms with E-state index >= 15 is 0 Å². The lowest BCUT2D eigenvalue weighted by atomic mass is 10.2. The highest BCUT2D eigenvalue weighted by Gasteiger charge is 2.51. The lowest BCUT2D eigenvalue weighted by molar-refractivity contribution is 0.576. The molecule has 86 valence electrons. The van der Waals surface area contributed by atoms with Gasteiger partial charge in [-0.2, -0.15) is 0 Å². The van der Waals surface area contributed by atoms with Crippen molar-refractivity contribution in [3.8, 4) is 0 Å². The molecule has 0 fully saturated rings. The molecule has 0 heterocycles. The zero-order chi connectivity index (χ0) is 11.6. The van der Waals surface area contributed by atoms with E-state index in [0.29, 0.717) is 10.1 Å².